The fraction of sp³-hybridized carbons (Fsp3) is 0.250. The van der Waals surface area contributed by atoms with Crippen LogP contribution in [0.25, 0.3) is 0 Å². The van der Waals surface area contributed by atoms with Gasteiger partial charge in [-0.1, -0.05) is 36.7 Å². The maximum absolute atomic E-state index is 13.3. The summed E-state index contributed by atoms with van der Waals surface area (Å²) in [7, 11) is 0. The van der Waals surface area contributed by atoms with E-state index in [1.807, 2.05) is 13.0 Å². The molecule has 0 aromatic heterocycles. The van der Waals surface area contributed by atoms with E-state index < -0.39 is 0 Å². The Morgan fingerprint density at radius 2 is 1.85 bits per heavy atom. The van der Waals surface area contributed by atoms with Gasteiger partial charge in [0.2, 0.25) is 0 Å². The zero-order valence-electron chi connectivity index (χ0n) is 11.2. The summed E-state index contributed by atoms with van der Waals surface area (Å²) >= 11 is 6.05. The van der Waals surface area contributed by atoms with Crippen molar-refractivity contribution >= 4 is 11.6 Å². The molecule has 2 rings (SSSR count). The molecule has 2 aromatic rings. The first-order valence-corrected chi connectivity index (χ1v) is 6.90. The van der Waals surface area contributed by atoms with E-state index >= 15 is 0 Å². The number of likely N-dealkylation sites (N-methyl/N-ethyl adjacent to an activating group) is 1. The van der Waals surface area contributed by atoms with Crippen molar-refractivity contribution < 1.29 is 8.78 Å². The first kappa shape index (κ1) is 14.9. The van der Waals surface area contributed by atoms with Crippen LogP contribution < -0.4 is 5.32 Å². The van der Waals surface area contributed by atoms with Crippen LogP contribution in [0.1, 0.15) is 24.1 Å². The molecule has 0 aliphatic rings. The Morgan fingerprint density at radius 3 is 2.50 bits per heavy atom. The molecule has 1 N–H and O–H groups in total. The fourth-order valence-corrected chi connectivity index (χ4v) is 2.43. The van der Waals surface area contributed by atoms with E-state index in [2.05, 4.69) is 5.32 Å². The lowest BCUT2D eigenvalue weighted by Gasteiger charge is -2.19. The Balaban J connectivity index is 2.25. The number of hydrogen-bond acceptors (Lipinski definition) is 1. The molecule has 0 bridgehead atoms. The molecular formula is C16H16ClF2N. The quantitative estimate of drug-likeness (QED) is 0.855. The Labute approximate surface area is 122 Å². The van der Waals surface area contributed by atoms with Crippen molar-refractivity contribution in [2.45, 2.75) is 19.4 Å². The minimum absolute atomic E-state index is 0.0568. The minimum atomic E-state index is -0.357. The molecule has 0 saturated carbocycles. The lowest BCUT2D eigenvalue weighted by molar-refractivity contribution is 0.542. The Kier molecular flexibility index (Phi) is 5.10. The molecule has 0 heterocycles. The smallest absolute Gasteiger partial charge is 0.124 e. The average Bonchev–Trinajstić information content (AvgIpc) is 2.41. The van der Waals surface area contributed by atoms with Crippen LogP contribution in [0.2, 0.25) is 5.02 Å². The summed E-state index contributed by atoms with van der Waals surface area (Å²) in [4.78, 5) is 0. The van der Waals surface area contributed by atoms with Gasteiger partial charge in [0.05, 0.1) is 0 Å². The van der Waals surface area contributed by atoms with Crippen LogP contribution >= 0.6 is 11.6 Å². The van der Waals surface area contributed by atoms with Crippen LogP contribution in [0.4, 0.5) is 8.78 Å². The summed E-state index contributed by atoms with van der Waals surface area (Å²) in [5.74, 6) is -0.625. The van der Waals surface area contributed by atoms with Gasteiger partial charge in [0.25, 0.3) is 0 Å². The Morgan fingerprint density at radius 1 is 1.10 bits per heavy atom. The zero-order valence-corrected chi connectivity index (χ0v) is 11.9. The molecule has 0 saturated heterocycles. The van der Waals surface area contributed by atoms with Crippen molar-refractivity contribution in [2.75, 3.05) is 6.54 Å². The number of halogens is 3. The van der Waals surface area contributed by atoms with Gasteiger partial charge < -0.3 is 5.32 Å². The predicted molar refractivity (Wildman–Crippen MR) is 77.9 cm³/mol. The van der Waals surface area contributed by atoms with E-state index in [1.165, 1.54) is 24.3 Å². The number of nitrogens with one attached hydrogen (secondary N) is 1. The van der Waals surface area contributed by atoms with Gasteiger partial charge >= 0.3 is 0 Å². The minimum Gasteiger partial charge on any atom is -0.310 e. The lowest BCUT2D eigenvalue weighted by Crippen LogP contribution is -2.23. The summed E-state index contributed by atoms with van der Waals surface area (Å²) in [6, 6.07) is 10.8. The topological polar surface area (TPSA) is 12.0 Å². The van der Waals surface area contributed by atoms with Crippen molar-refractivity contribution in [1.29, 1.82) is 0 Å². The fourth-order valence-electron chi connectivity index (χ4n) is 2.18. The van der Waals surface area contributed by atoms with E-state index in [0.717, 1.165) is 17.7 Å². The molecule has 106 valence electrons. The molecule has 20 heavy (non-hydrogen) atoms. The molecule has 0 aliphatic carbocycles. The van der Waals surface area contributed by atoms with Crippen molar-refractivity contribution in [3.63, 3.8) is 0 Å². The third-order valence-electron chi connectivity index (χ3n) is 3.14. The SMILES string of the molecule is CCNC(Cc1ccc(F)cc1Cl)c1cccc(F)c1. The van der Waals surface area contributed by atoms with Crippen LogP contribution in [0.3, 0.4) is 0 Å². The standard InChI is InChI=1S/C16H16ClF2N/c1-2-20-16(12-4-3-5-13(18)8-12)9-11-6-7-14(19)10-15(11)17/h3-8,10,16,20H,2,9H2,1H3. The zero-order chi connectivity index (χ0) is 14.5. The van der Waals surface area contributed by atoms with Crippen LogP contribution in [0.5, 0.6) is 0 Å². The van der Waals surface area contributed by atoms with Crippen LogP contribution in [0, 0.1) is 11.6 Å². The first-order chi connectivity index (χ1) is 9.60. The molecule has 0 spiro atoms. The van der Waals surface area contributed by atoms with E-state index in [-0.39, 0.29) is 17.7 Å². The Bertz CT molecular complexity index is 586. The van der Waals surface area contributed by atoms with Crippen LogP contribution in [-0.2, 0) is 6.42 Å². The highest BCUT2D eigenvalue weighted by atomic mass is 35.5. The monoisotopic (exact) mass is 295 g/mol. The highest BCUT2D eigenvalue weighted by molar-refractivity contribution is 6.31. The van der Waals surface area contributed by atoms with Crippen molar-refractivity contribution in [3.05, 3.63) is 70.2 Å². The summed E-state index contributed by atoms with van der Waals surface area (Å²) < 4.78 is 26.4. The van der Waals surface area contributed by atoms with Crippen LogP contribution in [-0.4, -0.2) is 6.54 Å². The van der Waals surface area contributed by atoms with Gasteiger partial charge in [-0.05, 0) is 48.4 Å². The molecule has 1 unspecified atom stereocenters. The highest BCUT2D eigenvalue weighted by Crippen LogP contribution is 2.24. The average molecular weight is 296 g/mol. The summed E-state index contributed by atoms with van der Waals surface area (Å²) in [5.41, 5.74) is 1.69. The van der Waals surface area contributed by atoms with Gasteiger partial charge in [-0.25, -0.2) is 8.78 Å². The summed E-state index contributed by atoms with van der Waals surface area (Å²) in [6.45, 7) is 2.73. The van der Waals surface area contributed by atoms with E-state index in [4.69, 9.17) is 11.6 Å². The van der Waals surface area contributed by atoms with Gasteiger partial charge in [0, 0.05) is 11.1 Å². The third-order valence-corrected chi connectivity index (χ3v) is 3.49. The number of hydrogen-bond donors (Lipinski definition) is 1. The normalized spacial score (nSPS) is 12.4. The number of benzene rings is 2. The first-order valence-electron chi connectivity index (χ1n) is 6.53. The van der Waals surface area contributed by atoms with Gasteiger partial charge in [-0.2, -0.15) is 0 Å². The van der Waals surface area contributed by atoms with Crippen molar-refractivity contribution in [3.8, 4) is 0 Å². The second-order valence-corrected chi connectivity index (χ2v) is 5.01. The lowest BCUT2D eigenvalue weighted by atomic mass is 9.98. The molecule has 0 fully saturated rings. The number of rotatable bonds is 5. The van der Waals surface area contributed by atoms with E-state index in [9.17, 15) is 8.78 Å². The van der Waals surface area contributed by atoms with Crippen LogP contribution in [0.15, 0.2) is 42.5 Å². The molecule has 4 heteroatoms. The second kappa shape index (κ2) is 6.82. The van der Waals surface area contributed by atoms with Crippen molar-refractivity contribution in [2.24, 2.45) is 0 Å². The van der Waals surface area contributed by atoms with E-state index in [0.29, 0.717) is 11.4 Å². The molecule has 2 aromatic carbocycles. The summed E-state index contributed by atoms with van der Waals surface area (Å²) in [6.07, 6.45) is 0.580. The highest BCUT2D eigenvalue weighted by Gasteiger charge is 2.14. The molecule has 1 atom stereocenters. The Hall–Kier alpha value is -1.45. The van der Waals surface area contributed by atoms with Gasteiger partial charge in [-0.3, -0.25) is 0 Å². The third kappa shape index (κ3) is 3.78. The van der Waals surface area contributed by atoms with Gasteiger partial charge in [-0.15, -0.1) is 0 Å². The maximum Gasteiger partial charge on any atom is 0.124 e. The summed E-state index contributed by atoms with van der Waals surface area (Å²) in [5, 5.41) is 3.69. The molecular weight excluding hydrogens is 280 g/mol. The maximum atomic E-state index is 13.3. The predicted octanol–water partition coefficient (Wildman–Crippen LogP) is 4.51. The van der Waals surface area contributed by atoms with E-state index in [1.54, 1.807) is 12.1 Å². The van der Waals surface area contributed by atoms with Gasteiger partial charge in [0.1, 0.15) is 11.6 Å². The second-order valence-electron chi connectivity index (χ2n) is 4.61. The molecule has 0 radical (unpaired) electrons. The largest absolute Gasteiger partial charge is 0.310 e. The molecule has 0 amide bonds. The van der Waals surface area contributed by atoms with Gasteiger partial charge in [0.15, 0.2) is 0 Å². The molecule has 0 aliphatic heterocycles. The van der Waals surface area contributed by atoms with Crippen molar-refractivity contribution in [1.82, 2.24) is 5.32 Å². The molecule has 1 nitrogen and oxygen atoms in total.